The molecule has 0 bridgehead atoms. The Balaban J connectivity index is 1.31. The third kappa shape index (κ3) is 7.07. The van der Waals surface area contributed by atoms with Crippen molar-refractivity contribution in [3.8, 4) is 0 Å². The summed E-state index contributed by atoms with van der Waals surface area (Å²) in [5, 5.41) is 2.43. The lowest BCUT2D eigenvalue weighted by Crippen LogP contribution is -2.47. The van der Waals surface area contributed by atoms with Crippen LogP contribution in [0.1, 0.15) is 91.3 Å². The zero-order valence-corrected chi connectivity index (χ0v) is 31.7. The van der Waals surface area contributed by atoms with Crippen LogP contribution < -0.4 is 15.3 Å². The molecule has 7 heteroatoms. The minimum Gasteiger partial charge on any atom is -0.400 e. The Bertz CT molecular complexity index is 1950. The Morgan fingerprint density at radius 2 is 1.22 bits per heavy atom. The normalized spacial score (nSPS) is 14.5. The molecule has 259 valence electrons. The summed E-state index contributed by atoms with van der Waals surface area (Å²) in [4.78, 5) is 33.2. The number of hydrogen-bond donors (Lipinski definition) is 0. The first-order valence-electron chi connectivity index (χ1n) is 18.1. The summed E-state index contributed by atoms with van der Waals surface area (Å²) in [7, 11) is -1.61. The average Bonchev–Trinajstić information content (AvgIpc) is 3.38. The molecule has 0 N–H and O–H groups in total. The van der Waals surface area contributed by atoms with E-state index >= 15 is 0 Å². The molecule has 0 aliphatic carbocycles. The van der Waals surface area contributed by atoms with Crippen molar-refractivity contribution in [2.75, 3.05) is 11.4 Å². The summed E-state index contributed by atoms with van der Waals surface area (Å²) in [5.74, 6) is -0.464. The highest BCUT2D eigenvalue weighted by molar-refractivity contribution is 7.99. The van der Waals surface area contributed by atoms with Crippen molar-refractivity contribution < 1.29 is 14.0 Å². The topological polar surface area (TPSA) is 49.9 Å². The number of unbranched alkanes of at least 4 members (excludes halogenated alkanes) is 3. The van der Waals surface area contributed by atoms with E-state index in [9.17, 15) is 9.59 Å². The van der Waals surface area contributed by atoms with Gasteiger partial charge in [0, 0.05) is 16.3 Å². The predicted molar refractivity (Wildman–Crippen MR) is 210 cm³/mol. The summed E-state index contributed by atoms with van der Waals surface area (Å²) >= 11 is 1.76. The summed E-state index contributed by atoms with van der Waals surface area (Å²) in [6, 6.07) is 41.4. The molecule has 5 aromatic rings. The number of fused-ring (bicyclic) bond motifs is 3. The molecule has 2 amide bonds. The van der Waals surface area contributed by atoms with E-state index in [0.29, 0.717) is 11.1 Å². The minimum atomic E-state index is -1.61. The van der Waals surface area contributed by atoms with Crippen molar-refractivity contribution in [3.05, 3.63) is 144 Å². The first-order chi connectivity index (χ1) is 24.8. The Labute approximate surface area is 308 Å². The van der Waals surface area contributed by atoms with Crippen LogP contribution in [0.4, 0.5) is 11.4 Å². The van der Waals surface area contributed by atoms with Crippen LogP contribution in [0, 0.1) is 5.41 Å². The third-order valence-corrected chi connectivity index (χ3v) is 13.2. The molecule has 2 aliphatic heterocycles. The molecule has 1 radical (unpaired) electrons. The molecule has 2 aliphatic rings. The van der Waals surface area contributed by atoms with Gasteiger partial charge in [0.25, 0.3) is 20.9 Å². The van der Waals surface area contributed by atoms with Crippen molar-refractivity contribution in [2.24, 2.45) is 5.41 Å². The fourth-order valence-corrected chi connectivity index (χ4v) is 10.8. The predicted octanol–water partition coefficient (Wildman–Crippen LogP) is 9.58. The van der Waals surface area contributed by atoms with Gasteiger partial charge in [-0.1, -0.05) is 156 Å². The zero-order valence-electron chi connectivity index (χ0n) is 29.9. The highest BCUT2D eigenvalue weighted by atomic mass is 32.2. The van der Waals surface area contributed by atoms with E-state index in [2.05, 4.69) is 130 Å². The second kappa shape index (κ2) is 15.0. The number of hydrogen-bond acceptors (Lipinski definition) is 5. The number of anilines is 2. The van der Waals surface area contributed by atoms with Crippen molar-refractivity contribution in [2.45, 2.75) is 75.8 Å². The van der Waals surface area contributed by atoms with E-state index < -0.39 is 9.04 Å². The van der Waals surface area contributed by atoms with Crippen molar-refractivity contribution in [1.82, 2.24) is 4.90 Å². The van der Waals surface area contributed by atoms with Gasteiger partial charge in [-0.15, -0.1) is 0 Å². The zero-order chi connectivity index (χ0) is 35.5. The van der Waals surface area contributed by atoms with E-state index in [4.69, 9.17) is 4.43 Å². The maximum Gasteiger partial charge on any atom is 0.283 e. The molecule has 1 atom stereocenters. The summed E-state index contributed by atoms with van der Waals surface area (Å²) < 4.78 is 7.45. The smallest absolute Gasteiger partial charge is 0.283 e. The fraction of sp³-hybridized carbons (Fsp3) is 0.273. The van der Waals surface area contributed by atoms with Gasteiger partial charge in [-0.3, -0.25) is 14.5 Å². The van der Waals surface area contributed by atoms with Gasteiger partial charge in [0.05, 0.1) is 35.2 Å². The third-order valence-electron chi connectivity index (χ3n) is 9.70. The number of imide groups is 1. The van der Waals surface area contributed by atoms with E-state index in [1.165, 1.54) is 44.3 Å². The van der Waals surface area contributed by atoms with Crippen LogP contribution in [-0.4, -0.2) is 32.3 Å². The van der Waals surface area contributed by atoms with Crippen molar-refractivity contribution in [1.29, 1.82) is 0 Å². The summed E-state index contributed by atoms with van der Waals surface area (Å²) in [6.45, 7) is 10.1. The van der Waals surface area contributed by atoms with E-state index in [0.717, 1.165) is 35.5 Å². The lowest BCUT2D eigenvalue weighted by atomic mass is 9.84. The van der Waals surface area contributed by atoms with Crippen LogP contribution in [0.15, 0.2) is 131 Å². The number of carbonyl (C=O) groups excluding carboxylic acids is 2. The van der Waals surface area contributed by atoms with E-state index in [-0.39, 0.29) is 29.9 Å². The Hall–Kier alpha value is -4.43. The molecule has 7 rings (SSSR count). The number of nitrogens with zero attached hydrogens (tertiary/aromatic N) is 2. The molecule has 5 nitrogen and oxygen atoms in total. The number of rotatable bonds is 12. The molecule has 2 heterocycles. The lowest BCUT2D eigenvalue weighted by Gasteiger charge is -2.39. The maximum atomic E-state index is 13.5. The van der Waals surface area contributed by atoms with E-state index in [1.807, 2.05) is 12.1 Å². The van der Waals surface area contributed by atoms with Crippen LogP contribution >= 0.6 is 11.8 Å². The molecular formula is C44H45N2O3SSi. The number of carbonyl (C=O) groups is 2. The van der Waals surface area contributed by atoms with Gasteiger partial charge < -0.3 is 9.33 Å². The summed E-state index contributed by atoms with van der Waals surface area (Å²) in [6.07, 6.45) is 4.40. The highest BCUT2D eigenvalue weighted by Crippen LogP contribution is 2.54. The van der Waals surface area contributed by atoms with Gasteiger partial charge in [0.2, 0.25) is 0 Å². The standard InChI is InChI=1S/C44H45N2O3SSi/c1-5-6-7-16-29-45-37-27-17-19-31(30-46-42(47)34-24-14-15-25-35(34)43(46)48)39(37)50-40-36(26-18-28-38(40)45)41(44(2,3)4)49-51(32-20-10-8-11-21-32)33-22-12-9-13-23-33/h8-15,17-28,41H,5-7,16,29-30H2,1-4H3. The molecule has 1 unspecified atom stereocenters. The quantitative estimate of drug-likeness (QED) is 0.0734. The molecule has 0 saturated heterocycles. The lowest BCUT2D eigenvalue weighted by molar-refractivity contribution is 0.0641. The Kier molecular flexibility index (Phi) is 10.3. The van der Waals surface area contributed by atoms with Gasteiger partial charge in [0.1, 0.15) is 0 Å². The molecule has 0 aromatic heterocycles. The second-order valence-electron chi connectivity index (χ2n) is 14.4. The SMILES string of the molecule is CCCCCCN1c2cccc(CN3C(=O)c4ccccc4C3=O)c2Sc2c(C(O[Si](c3ccccc3)c3ccccc3)C(C)(C)C)cccc21. The van der Waals surface area contributed by atoms with Crippen molar-refractivity contribution in [3.63, 3.8) is 0 Å². The largest absolute Gasteiger partial charge is 0.400 e. The van der Waals surface area contributed by atoms with Crippen LogP contribution in [0.25, 0.3) is 0 Å². The van der Waals surface area contributed by atoms with Gasteiger partial charge in [-0.2, -0.15) is 0 Å². The molecule has 5 aromatic carbocycles. The second-order valence-corrected chi connectivity index (χ2v) is 17.5. The molecule has 0 saturated carbocycles. The first-order valence-corrected chi connectivity index (χ1v) is 20.3. The van der Waals surface area contributed by atoms with Gasteiger partial charge in [0.15, 0.2) is 0 Å². The van der Waals surface area contributed by atoms with Gasteiger partial charge in [-0.25, -0.2) is 0 Å². The average molecular weight is 710 g/mol. The number of benzene rings is 5. The van der Waals surface area contributed by atoms with Crippen LogP contribution in [-0.2, 0) is 11.0 Å². The molecule has 0 fully saturated rings. The first kappa shape index (κ1) is 35.0. The minimum absolute atomic E-state index is 0.207. The van der Waals surface area contributed by atoms with Crippen LogP contribution in [0.3, 0.4) is 0 Å². The fourth-order valence-electron chi connectivity index (χ4n) is 7.13. The van der Waals surface area contributed by atoms with E-state index in [1.54, 1.807) is 23.9 Å². The van der Waals surface area contributed by atoms with Crippen molar-refractivity contribution >= 4 is 54.4 Å². The maximum absolute atomic E-state index is 13.5. The molecule has 51 heavy (non-hydrogen) atoms. The van der Waals surface area contributed by atoms with Crippen LogP contribution in [0.2, 0.25) is 0 Å². The summed E-state index contributed by atoms with van der Waals surface area (Å²) in [5.41, 5.74) is 5.18. The van der Waals surface area contributed by atoms with Gasteiger partial charge >= 0.3 is 0 Å². The highest BCUT2D eigenvalue weighted by Gasteiger charge is 2.39. The Morgan fingerprint density at radius 1 is 0.647 bits per heavy atom. The van der Waals surface area contributed by atoms with Gasteiger partial charge in [-0.05, 0) is 57.6 Å². The molecular weight excluding hydrogens is 665 g/mol. The molecule has 0 spiro atoms. The monoisotopic (exact) mass is 709 g/mol. The Morgan fingerprint density at radius 3 is 1.80 bits per heavy atom. The van der Waals surface area contributed by atoms with Crippen LogP contribution in [0.5, 0.6) is 0 Å². The number of amides is 2.